The van der Waals surface area contributed by atoms with Crippen molar-refractivity contribution in [2.75, 3.05) is 18.4 Å². The van der Waals surface area contributed by atoms with Crippen molar-refractivity contribution in [1.29, 1.82) is 0 Å². The molecule has 1 atom stereocenters. The molecule has 2 rings (SSSR count). The average Bonchev–Trinajstić information content (AvgIpc) is 2.38. The van der Waals surface area contributed by atoms with Crippen LogP contribution in [0, 0.1) is 0 Å². The fourth-order valence-electron chi connectivity index (χ4n) is 2.72. The first kappa shape index (κ1) is 12.8. The van der Waals surface area contributed by atoms with Gasteiger partial charge in [-0.15, -0.1) is 0 Å². The standard InChI is InChI=1S/C13H19BrN2O/c14-7-1-5-13(6-2-8-15-10-13)11-3-4-12(17)16-9-11/h3-4,9,15H,1-2,5-8,10H2,(H,16,17). The molecule has 2 heterocycles. The molecular formula is C13H19BrN2O. The number of aromatic amines is 1. The highest BCUT2D eigenvalue weighted by atomic mass is 79.9. The Morgan fingerprint density at radius 1 is 1.41 bits per heavy atom. The van der Waals surface area contributed by atoms with Gasteiger partial charge in [0.2, 0.25) is 5.56 Å². The van der Waals surface area contributed by atoms with Crippen molar-refractivity contribution >= 4 is 15.9 Å². The molecule has 17 heavy (non-hydrogen) atoms. The van der Waals surface area contributed by atoms with Crippen LogP contribution in [0.15, 0.2) is 23.1 Å². The van der Waals surface area contributed by atoms with E-state index in [0.717, 1.165) is 24.8 Å². The number of aromatic nitrogens is 1. The Labute approximate surface area is 110 Å². The molecule has 0 bridgehead atoms. The number of alkyl halides is 1. The molecule has 1 unspecified atom stereocenters. The van der Waals surface area contributed by atoms with Crippen molar-refractivity contribution in [2.45, 2.75) is 31.1 Å². The van der Waals surface area contributed by atoms with Crippen molar-refractivity contribution in [1.82, 2.24) is 10.3 Å². The highest BCUT2D eigenvalue weighted by Crippen LogP contribution is 2.35. The number of H-pyrrole nitrogens is 1. The van der Waals surface area contributed by atoms with Gasteiger partial charge < -0.3 is 10.3 Å². The molecule has 0 aliphatic carbocycles. The third-order valence-corrected chi connectivity index (χ3v) is 4.22. The van der Waals surface area contributed by atoms with Crippen LogP contribution in [-0.4, -0.2) is 23.4 Å². The number of halogens is 1. The molecule has 94 valence electrons. The second-order valence-corrected chi connectivity index (χ2v) is 5.59. The molecule has 1 saturated heterocycles. The number of rotatable bonds is 4. The highest BCUT2D eigenvalue weighted by molar-refractivity contribution is 9.09. The zero-order valence-electron chi connectivity index (χ0n) is 9.97. The topological polar surface area (TPSA) is 44.9 Å². The van der Waals surface area contributed by atoms with E-state index in [4.69, 9.17) is 0 Å². The van der Waals surface area contributed by atoms with E-state index < -0.39 is 0 Å². The number of nitrogens with one attached hydrogen (secondary N) is 2. The lowest BCUT2D eigenvalue weighted by molar-refractivity contribution is 0.290. The van der Waals surface area contributed by atoms with Crippen LogP contribution in [0.25, 0.3) is 0 Å². The van der Waals surface area contributed by atoms with E-state index in [1.165, 1.54) is 24.8 Å². The Morgan fingerprint density at radius 2 is 2.29 bits per heavy atom. The quantitative estimate of drug-likeness (QED) is 0.837. The van der Waals surface area contributed by atoms with E-state index in [9.17, 15) is 4.79 Å². The Balaban J connectivity index is 2.24. The minimum Gasteiger partial charge on any atom is -0.329 e. The molecule has 1 aliphatic heterocycles. The first-order valence-electron chi connectivity index (χ1n) is 6.23. The summed E-state index contributed by atoms with van der Waals surface area (Å²) in [6.07, 6.45) is 6.64. The van der Waals surface area contributed by atoms with Crippen LogP contribution >= 0.6 is 15.9 Å². The van der Waals surface area contributed by atoms with Gasteiger partial charge in [0, 0.05) is 29.6 Å². The lowest BCUT2D eigenvalue weighted by Gasteiger charge is -2.38. The Morgan fingerprint density at radius 3 is 2.88 bits per heavy atom. The van der Waals surface area contributed by atoms with Gasteiger partial charge in [-0.05, 0) is 37.8 Å². The van der Waals surface area contributed by atoms with E-state index in [0.29, 0.717) is 0 Å². The van der Waals surface area contributed by atoms with E-state index in [1.807, 2.05) is 12.3 Å². The molecule has 1 fully saturated rings. The smallest absolute Gasteiger partial charge is 0.247 e. The van der Waals surface area contributed by atoms with Crippen LogP contribution in [0.4, 0.5) is 0 Å². The predicted molar refractivity (Wildman–Crippen MR) is 73.9 cm³/mol. The molecule has 1 aromatic rings. The van der Waals surface area contributed by atoms with Crippen LogP contribution in [-0.2, 0) is 5.41 Å². The van der Waals surface area contributed by atoms with Crippen LogP contribution in [0.1, 0.15) is 31.2 Å². The Kier molecular flexibility index (Phi) is 4.40. The van der Waals surface area contributed by atoms with Gasteiger partial charge in [-0.25, -0.2) is 0 Å². The third-order valence-electron chi connectivity index (χ3n) is 3.66. The van der Waals surface area contributed by atoms with Gasteiger partial charge >= 0.3 is 0 Å². The van der Waals surface area contributed by atoms with E-state index in [2.05, 4.69) is 26.2 Å². The summed E-state index contributed by atoms with van der Waals surface area (Å²) < 4.78 is 0. The second-order valence-electron chi connectivity index (χ2n) is 4.79. The molecule has 1 aliphatic rings. The van der Waals surface area contributed by atoms with Gasteiger partial charge in [0.15, 0.2) is 0 Å². The molecule has 0 amide bonds. The molecule has 0 aromatic carbocycles. The van der Waals surface area contributed by atoms with Gasteiger partial charge in [0.05, 0.1) is 0 Å². The van der Waals surface area contributed by atoms with Crippen LogP contribution in [0.2, 0.25) is 0 Å². The summed E-state index contributed by atoms with van der Waals surface area (Å²) >= 11 is 3.51. The number of pyridine rings is 1. The molecule has 4 heteroatoms. The summed E-state index contributed by atoms with van der Waals surface area (Å²) in [7, 11) is 0. The Hall–Kier alpha value is -0.610. The SMILES string of the molecule is O=c1ccc(C2(CCCBr)CCCNC2)c[nH]1. The fraction of sp³-hybridized carbons (Fsp3) is 0.615. The van der Waals surface area contributed by atoms with Crippen LogP contribution in [0.5, 0.6) is 0 Å². The molecule has 2 N–H and O–H groups in total. The van der Waals surface area contributed by atoms with E-state index in [1.54, 1.807) is 6.07 Å². The molecule has 0 spiro atoms. The van der Waals surface area contributed by atoms with Crippen LogP contribution < -0.4 is 10.9 Å². The number of hydrogen-bond acceptors (Lipinski definition) is 2. The largest absolute Gasteiger partial charge is 0.329 e. The first-order valence-corrected chi connectivity index (χ1v) is 7.35. The molecular weight excluding hydrogens is 280 g/mol. The molecule has 0 saturated carbocycles. The highest BCUT2D eigenvalue weighted by Gasteiger charge is 2.33. The summed E-state index contributed by atoms with van der Waals surface area (Å²) in [5.41, 5.74) is 1.45. The average molecular weight is 299 g/mol. The van der Waals surface area contributed by atoms with E-state index >= 15 is 0 Å². The van der Waals surface area contributed by atoms with Crippen molar-refractivity contribution in [3.63, 3.8) is 0 Å². The van der Waals surface area contributed by atoms with Crippen molar-refractivity contribution in [3.8, 4) is 0 Å². The Bertz CT molecular complexity index is 390. The van der Waals surface area contributed by atoms with Crippen molar-refractivity contribution < 1.29 is 0 Å². The predicted octanol–water partition coefficient (Wildman–Crippen LogP) is 2.17. The van der Waals surface area contributed by atoms with Gasteiger partial charge in [-0.1, -0.05) is 22.0 Å². The van der Waals surface area contributed by atoms with Gasteiger partial charge in [-0.2, -0.15) is 0 Å². The zero-order chi connectivity index (χ0) is 12.1. The van der Waals surface area contributed by atoms with Gasteiger partial charge in [-0.3, -0.25) is 4.79 Å². The minimum atomic E-state index is -0.0202. The van der Waals surface area contributed by atoms with Crippen LogP contribution in [0.3, 0.4) is 0 Å². The number of piperidine rings is 1. The summed E-state index contributed by atoms with van der Waals surface area (Å²) in [5, 5.41) is 4.53. The lowest BCUT2D eigenvalue weighted by Crippen LogP contribution is -2.43. The monoisotopic (exact) mass is 298 g/mol. The second kappa shape index (κ2) is 5.83. The van der Waals surface area contributed by atoms with Crippen molar-refractivity contribution in [2.24, 2.45) is 0 Å². The normalized spacial score (nSPS) is 24.8. The fourth-order valence-corrected chi connectivity index (χ4v) is 3.00. The molecule has 0 radical (unpaired) electrons. The minimum absolute atomic E-state index is 0.0202. The summed E-state index contributed by atoms with van der Waals surface area (Å²) in [6, 6.07) is 3.62. The number of hydrogen-bond donors (Lipinski definition) is 2. The molecule has 3 nitrogen and oxygen atoms in total. The zero-order valence-corrected chi connectivity index (χ0v) is 11.6. The summed E-state index contributed by atoms with van der Waals surface area (Å²) in [6.45, 7) is 2.13. The van der Waals surface area contributed by atoms with Gasteiger partial charge in [0.1, 0.15) is 0 Å². The third kappa shape index (κ3) is 2.99. The maximum Gasteiger partial charge on any atom is 0.247 e. The molecule has 1 aromatic heterocycles. The summed E-state index contributed by atoms with van der Waals surface area (Å²) in [4.78, 5) is 13.9. The maximum absolute atomic E-state index is 11.1. The first-order chi connectivity index (χ1) is 8.27. The lowest BCUT2D eigenvalue weighted by atomic mass is 9.72. The maximum atomic E-state index is 11.1. The van der Waals surface area contributed by atoms with Gasteiger partial charge in [0.25, 0.3) is 0 Å². The van der Waals surface area contributed by atoms with Crippen molar-refractivity contribution in [3.05, 3.63) is 34.2 Å². The summed E-state index contributed by atoms with van der Waals surface area (Å²) in [5.74, 6) is 0. The van der Waals surface area contributed by atoms with E-state index in [-0.39, 0.29) is 11.0 Å².